The minimum atomic E-state index is -4.46. The molecule has 2 aromatic heterocycles. The lowest BCUT2D eigenvalue weighted by atomic mass is 10.2. The van der Waals surface area contributed by atoms with E-state index < -0.39 is 64.7 Å². The molecular weight excluding hydrogens is 414 g/mol. The van der Waals surface area contributed by atoms with Crippen LogP contribution in [0.4, 0.5) is 23.1 Å². The molecule has 0 saturated heterocycles. The molecule has 0 unspecified atom stereocenters. The number of hydrogen-bond acceptors (Lipinski definition) is 7. The van der Waals surface area contributed by atoms with Gasteiger partial charge in [0.05, 0.1) is 17.3 Å². The van der Waals surface area contributed by atoms with Gasteiger partial charge in [-0.3, -0.25) is 4.68 Å². The predicted molar refractivity (Wildman–Crippen MR) is 121 cm³/mol. The summed E-state index contributed by atoms with van der Waals surface area (Å²) in [6, 6.07) is 1.38. The van der Waals surface area contributed by atoms with E-state index in [0.29, 0.717) is 4.68 Å². The lowest BCUT2D eigenvalue weighted by Crippen LogP contribution is -2.14. The van der Waals surface area contributed by atoms with Crippen LogP contribution in [-0.4, -0.2) is 35.2 Å². The van der Waals surface area contributed by atoms with Crippen LogP contribution in [0, 0.1) is 13.8 Å². The average Bonchev–Trinajstić information content (AvgIpc) is 3.21. The number of sulfonamides is 1. The first-order chi connectivity index (χ1) is 19.1. The number of nitrogens with two attached hydrogens (primary N) is 1. The summed E-state index contributed by atoms with van der Waals surface area (Å²) in [5.74, 6) is -0.622. The molecule has 10 heteroatoms. The Kier molecular flexibility index (Phi) is 2.76. The van der Waals surface area contributed by atoms with Crippen LogP contribution >= 0.6 is 0 Å². The highest BCUT2D eigenvalue weighted by molar-refractivity contribution is 7.89. The van der Waals surface area contributed by atoms with E-state index in [4.69, 9.17) is 20.2 Å². The summed E-state index contributed by atoms with van der Waals surface area (Å²) in [6.45, 7) is -4.08. The number of aromatic nitrogens is 4. The summed E-state index contributed by atoms with van der Waals surface area (Å²) >= 11 is 0. The van der Waals surface area contributed by atoms with Crippen LogP contribution in [0.25, 0.3) is 10.9 Å². The lowest BCUT2D eigenvalue weighted by Gasteiger charge is -2.19. The molecule has 31 heavy (non-hydrogen) atoms. The van der Waals surface area contributed by atoms with Crippen LogP contribution in [0.1, 0.15) is 26.3 Å². The van der Waals surface area contributed by atoms with E-state index in [9.17, 15) is 8.42 Å². The predicted octanol–water partition coefficient (Wildman–Crippen LogP) is 3.14. The van der Waals surface area contributed by atoms with Crippen molar-refractivity contribution in [1.82, 2.24) is 19.7 Å². The molecule has 160 valence electrons. The van der Waals surface area contributed by atoms with Crippen LogP contribution in [0.3, 0.4) is 0 Å². The summed E-state index contributed by atoms with van der Waals surface area (Å²) in [7, 11) is -3.15. The molecule has 0 saturated carbocycles. The molecule has 0 radical (unpaired) electrons. The molecular formula is C21H23N7O2S. The quantitative estimate of drug-likeness (QED) is 0.481. The average molecular weight is 449 g/mol. The number of aryl methyl sites for hydroxylation is 3. The van der Waals surface area contributed by atoms with Gasteiger partial charge in [-0.25, -0.2) is 18.5 Å². The highest BCUT2D eigenvalue weighted by atomic mass is 32.2. The zero-order valence-electron chi connectivity index (χ0n) is 27.3. The Morgan fingerprint density at radius 3 is 2.87 bits per heavy atom. The van der Waals surface area contributed by atoms with Gasteiger partial charge in [-0.1, -0.05) is 6.07 Å². The number of nitrogens with zero attached hydrogens (tertiary/aromatic N) is 5. The van der Waals surface area contributed by atoms with E-state index in [1.54, 1.807) is 0 Å². The molecule has 4 rings (SSSR count). The van der Waals surface area contributed by atoms with Crippen LogP contribution < -0.4 is 15.4 Å². The van der Waals surface area contributed by atoms with E-state index >= 15 is 0 Å². The van der Waals surface area contributed by atoms with Gasteiger partial charge in [0.15, 0.2) is 0 Å². The Hall–Kier alpha value is -3.50. The van der Waals surface area contributed by atoms with Gasteiger partial charge < -0.3 is 10.2 Å². The maximum atomic E-state index is 12.1. The number of primary sulfonamides is 1. The van der Waals surface area contributed by atoms with Gasteiger partial charge in [0, 0.05) is 50.9 Å². The van der Waals surface area contributed by atoms with Crippen molar-refractivity contribution in [2.45, 2.75) is 18.7 Å². The fourth-order valence-electron chi connectivity index (χ4n) is 2.74. The second-order valence-corrected chi connectivity index (χ2v) is 8.02. The minimum Gasteiger partial charge on any atom is -0.329 e. The minimum absolute atomic E-state index is 0.00163. The zero-order valence-corrected chi connectivity index (χ0v) is 17.1. The first-order valence-electron chi connectivity index (χ1n) is 14.2. The second-order valence-electron chi connectivity index (χ2n) is 6.49. The number of benzene rings is 2. The summed E-state index contributed by atoms with van der Waals surface area (Å²) in [4.78, 5) is 8.45. The van der Waals surface area contributed by atoms with Crippen LogP contribution in [0.5, 0.6) is 0 Å². The van der Waals surface area contributed by atoms with Crippen LogP contribution in [-0.2, 0) is 17.0 Å². The largest absolute Gasteiger partial charge is 0.329 e. The number of hydrogen-bond donors (Lipinski definition) is 2. The molecule has 0 aliphatic rings. The van der Waals surface area contributed by atoms with Gasteiger partial charge in [-0.15, -0.1) is 0 Å². The van der Waals surface area contributed by atoms with Crippen molar-refractivity contribution in [2.24, 2.45) is 12.1 Å². The molecule has 2 aromatic carbocycles. The molecule has 0 aliphatic carbocycles. The maximum absolute atomic E-state index is 12.1. The normalized spacial score (nSPS) is 17.6. The van der Waals surface area contributed by atoms with Gasteiger partial charge in [0.2, 0.25) is 16.0 Å². The first kappa shape index (κ1) is 11.2. The van der Waals surface area contributed by atoms with Crippen molar-refractivity contribution < 1.29 is 23.5 Å². The summed E-state index contributed by atoms with van der Waals surface area (Å²) in [6.07, 6.45) is -0.604. The van der Waals surface area contributed by atoms with Gasteiger partial charge in [-0.05, 0) is 55.6 Å². The van der Waals surface area contributed by atoms with Gasteiger partial charge in [-0.2, -0.15) is 10.1 Å². The molecule has 0 spiro atoms. The van der Waals surface area contributed by atoms with E-state index in [-0.39, 0.29) is 39.7 Å². The monoisotopic (exact) mass is 448 g/mol. The zero-order chi connectivity index (χ0) is 31.7. The number of fused-ring (bicyclic) bond motifs is 1. The van der Waals surface area contributed by atoms with Gasteiger partial charge in [0.25, 0.3) is 0 Å². The highest BCUT2D eigenvalue weighted by Gasteiger charge is 2.14. The number of nitrogens with one attached hydrogen (secondary N) is 1. The molecule has 0 amide bonds. The summed E-state index contributed by atoms with van der Waals surface area (Å²) in [5, 5.41) is 11.9. The third kappa shape index (κ3) is 4.07. The Labute approximate surface area is 196 Å². The van der Waals surface area contributed by atoms with E-state index in [1.165, 1.54) is 20.0 Å². The van der Waals surface area contributed by atoms with Crippen molar-refractivity contribution in [1.29, 1.82) is 0 Å². The number of rotatable bonds is 5. The van der Waals surface area contributed by atoms with Crippen LogP contribution in [0.15, 0.2) is 53.4 Å². The third-order valence-corrected chi connectivity index (χ3v) is 5.35. The van der Waals surface area contributed by atoms with Crippen LogP contribution in [0.2, 0.25) is 0 Å². The van der Waals surface area contributed by atoms with Crippen molar-refractivity contribution in [2.75, 3.05) is 17.3 Å². The number of anilines is 4. The van der Waals surface area contributed by atoms with E-state index in [0.717, 1.165) is 17.0 Å². The first-order valence-corrected chi connectivity index (χ1v) is 10.2. The standard InChI is InChI=1S/C21H23N7O2S/c1-13-5-6-15(11-19(13)31(22,29)30)24-21-23-10-9-20(25-21)27(3)16-7-8-17-14(2)28(4)26-18(17)12-16/h5-12H,1-4H3,(H2,22,29,30)(H,23,24,25)/i1D3,4D3,7D,8D,9D,10D,12D. The molecule has 9 nitrogen and oxygen atoms in total. The maximum Gasteiger partial charge on any atom is 0.238 e. The fourth-order valence-corrected chi connectivity index (χ4v) is 3.41. The Bertz CT molecular complexity index is 1850. The highest BCUT2D eigenvalue weighted by Crippen LogP contribution is 2.28. The molecule has 0 atom stereocenters. The topological polar surface area (TPSA) is 119 Å². The molecule has 3 N–H and O–H groups in total. The Balaban J connectivity index is 1.85. The van der Waals surface area contributed by atoms with Crippen molar-refractivity contribution in [3.05, 3.63) is 59.8 Å². The third-order valence-electron chi connectivity index (χ3n) is 4.40. The van der Waals surface area contributed by atoms with E-state index in [1.807, 2.05) is 0 Å². The second kappa shape index (κ2) is 7.64. The van der Waals surface area contributed by atoms with Gasteiger partial charge in [0.1, 0.15) is 5.82 Å². The van der Waals surface area contributed by atoms with E-state index in [2.05, 4.69) is 20.4 Å². The Morgan fingerprint density at radius 1 is 1.29 bits per heavy atom. The fraction of sp³-hybridized carbons (Fsp3) is 0.190. The molecule has 4 aromatic rings. The van der Waals surface area contributed by atoms with Gasteiger partial charge >= 0.3 is 0 Å². The molecule has 0 fully saturated rings. The lowest BCUT2D eigenvalue weighted by molar-refractivity contribution is 0.597. The smallest absolute Gasteiger partial charge is 0.238 e. The molecule has 0 aliphatic heterocycles. The van der Waals surface area contributed by atoms with Crippen molar-refractivity contribution in [3.8, 4) is 0 Å². The molecule has 0 bridgehead atoms. The summed E-state index contributed by atoms with van der Waals surface area (Å²) in [5.41, 5.74) is -0.873. The SMILES string of the molecule is [2H]c1nc(Nc2ccc(C([2H])([2H])[2H])c(S(N)(=O)=O)c2)nc(N(C)c2c([2H])c([2H])c3c(C)n(C([2H])([2H])[2H])nc3c2[2H])c1[2H]. The molecule has 2 heterocycles. The Morgan fingerprint density at radius 2 is 2.13 bits per heavy atom. The summed E-state index contributed by atoms with van der Waals surface area (Å²) < 4.78 is 113. The van der Waals surface area contributed by atoms with Crippen molar-refractivity contribution in [3.63, 3.8) is 0 Å². The van der Waals surface area contributed by atoms with Crippen molar-refractivity contribution >= 4 is 44.1 Å².